The van der Waals surface area contributed by atoms with Crippen LogP contribution in [-0.2, 0) is 4.79 Å². The van der Waals surface area contributed by atoms with Gasteiger partial charge in [-0.15, -0.1) is 0 Å². The van der Waals surface area contributed by atoms with Crippen LogP contribution in [0.25, 0.3) is 0 Å². The summed E-state index contributed by atoms with van der Waals surface area (Å²) in [7, 11) is 0. The molecule has 132 valence electrons. The number of hydrogen-bond donors (Lipinski definition) is 3. The zero-order chi connectivity index (χ0) is 16.9. The van der Waals surface area contributed by atoms with Crippen molar-refractivity contribution in [3.05, 3.63) is 35.9 Å². The van der Waals surface area contributed by atoms with Crippen LogP contribution in [0.15, 0.2) is 30.3 Å². The zero-order valence-electron chi connectivity index (χ0n) is 14.8. The first-order valence-electron chi connectivity index (χ1n) is 9.21. The van der Waals surface area contributed by atoms with Crippen molar-refractivity contribution in [1.29, 1.82) is 0 Å². The molecular weight excluding hydrogens is 300 g/mol. The highest BCUT2D eigenvalue weighted by molar-refractivity contribution is 5.78. The average Bonchev–Trinajstić information content (AvgIpc) is 2.79. The highest BCUT2D eigenvalue weighted by Gasteiger charge is 2.31. The summed E-state index contributed by atoms with van der Waals surface area (Å²) in [5, 5.41) is 3.18. The van der Waals surface area contributed by atoms with Gasteiger partial charge in [-0.2, -0.15) is 0 Å². The van der Waals surface area contributed by atoms with E-state index in [2.05, 4.69) is 65.2 Å². The molecule has 0 bridgehead atoms. The molecule has 5 nitrogen and oxygen atoms in total. The smallest absolute Gasteiger partial charge is 0.234 e. The quantitative estimate of drug-likeness (QED) is 0.785. The Hall–Kier alpha value is -1.43. The van der Waals surface area contributed by atoms with E-state index in [-0.39, 0.29) is 24.0 Å². The molecule has 0 spiro atoms. The normalized spacial score (nSPS) is 31.6. The summed E-state index contributed by atoms with van der Waals surface area (Å²) < 4.78 is 0. The van der Waals surface area contributed by atoms with E-state index in [9.17, 15) is 4.79 Å². The Morgan fingerprint density at radius 3 is 2.54 bits per heavy atom. The van der Waals surface area contributed by atoms with E-state index in [1.165, 1.54) is 12.0 Å². The van der Waals surface area contributed by atoms with Crippen LogP contribution in [0.2, 0.25) is 0 Å². The van der Waals surface area contributed by atoms with Crippen molar-refractivity contribution in [2.75, 3.05) is 19.6 Å². The maximum absolute atomic E-state index is 12.4. The number of benzene rings is 1. The van der Waals surface area contributed by atoms with Crippen molar-refractivity contribution in [2.45, 2.75) is 57.2 Å². The predicted octanol–water partition coefficient (Wildman–Crippen LogP) is 1.63. The second-order valence-corrected chi connectivity index (χ2v) is 7.27. The molecule has 3 rings (SSSR count). The maximum atomic E-state index is 12.4. The molecule has 3 unspecified atom stereocenters. The van der Waals surface area contributed by atoms with Crippen molar-refractivity contribution in [1.82, 2.24) is 21.1 Å². The van der Waals surface area contributed by atoms with Gasteiger partial charge in [-0.3, -0.25) is 20.5 Å². The van der Waals surface area contributed by atoms with E-state index in [1.54, 1.807) is 0 Å². The van der Waals surface area contributed by atoms with E-state index in [1.807, 2.05) is 0 Å². The summed E-state index contributed by atoms with van der Waals surface area (Å²) in [6.45, 7) is 6.72. The Kier molecular flexibility index (Phi) is 5.87. The third-order valence-electron chi connectivity index (χ3n) is 5.40. The largest absolute Gasteiger partial charge is 0.349 e. The van der Waals surface area contributed by atoms with Gasteiger partial charge >= 0.3 is 0 Å². The van der Waals surface area contributed by atoms with Crippen LogP contribution in [0.1, 0.15) is 44.6 Å². The molecule has 2 aliphatic rings. The average molecular weight is 330 g/mol. The van der Waals surface area contributed by atoms with Crippen LogP contribution in [0.5, 0.6) is 0 Å². The lowest BCUT2D eigenvalue weighted by Crippen LogP contribution is -2.49. The van der Waals surface area contributed by atoms with Gasteiger partial charge in [0, 0.05) is 12.1 Å². The number of nitrogens with one attached hydrogen (secondary N) is 3. The first-order valence-corrected chi connectivity index (χ1v) is 9.21. The second kappa shape index (κ2) is 8.10. The highest BCUT2D eigenvalue weighted by Crippen LogP contribution is 2.27. The number of carbonyl (C=O) groups excluding carboxylic acids is 1. The lowest BCUT2D eigenvalue weighted by atomic mass is 9.92. The number of rotatable bonds is 4. The molecule has 1 aromatic rings. The minimum Gasteiger partial charge on any atom is -0.349 e. The van der Waals surface area contributed by atoms with Crippen LogP contribution in [0, 0.1) is 0 Å². The van der Waals surface area contributed by atoms with Crippen LogP contribution in [-0.4, -0.2) is 48.6 Å². The number of amides is 1. The third-order valence-corrected chi connectivity index (χ3v) is 5.40. The molecule has 5 heteroatoms. The van der Waals surface area contributed by atoms with Gasteiger partial charge in [0.2, 0.25) is 5.91 Å². The summed E-state index contributed by atoms with van der Waals surface area (Å²) in [5.41, 5.74) is 7.81. The first-order chi connectivity index (χ1) is 11.6. The van der Waals surface area contributed by atoms with Crippen LogP contribution < -0.4 is 16.2 Å². The fourth-order valence-electron chi connectivity index (χ4n) is 3.93. The van der Waals surface area contributed by atoms with E-state index in [0.717, 1.165) is 25.9 Å². The fourth-order valence-corrected chi connectivity index (χ4v) is 3.93. The zero-order valence-corrected chi connectivity index (χ0v) is 14.8. The van der Waals surface area contributed by atoms with E-state index in [0.29, 0.717) is 12.5 Å². The number of nitrogens with zero attached hydrogens (tertiary/aromatic N) is 1. The summed E-state index contributed by atoms with van der Waals surface area (Å²) >= 11 is 0. The number of likely N-dealkylation sites (tertiary alicyclic amines) is 1. The SMILES string of the molecule is CC1NNC(C)C1NC(=O)CN1CCCC(c2ccccc2)CC1. The molecule has 0 aromatic heterocycles. The number of hydrogen-bond acceptors (Lipinski definition) is 4. The van der Waals surface area contributed by atoms with Gasteiger partial charge < -0.3 is 5.32 Å². The van der Waals surface area contributed by atoms with E-state index in [4.69, 9.17) is 0 Å². The van der Waals surface area contributed by atoms with Crippen LogP contribution in [0.4, 0.5) is 0 Å². The lowest BCUT2D eigenvalue weighted by Gasteiger charge is -2.24. The first kappa shape index (κ1) is 17.4. The fraction of sp³-hybridized carbons (Fsp3) is 0.632. The van der Waals surface area contributed by atoms with Gasteiger partial charge in [-0.1, -0.05) is 30.3 Å². The monoisotopic (exact) mass is 330 g/mol. The number of hydrazine groups is 1. The summed E-state index contributed by atoms with van der Waals surface area (Å²) in [6, 6.07) is 11.5. The molecule has 2 heterocycles. The van der Waals surface area contributed by atoms with Crippen LogP contribution in [0.3, 0.4) is 0 Å². The topological polar surface area (TPSA) is 56.4 Å². The molecule has 0 saturated carbocycles. The molecule has 2 saturated heterocycles. The van der Waals surface area contributed by atoms with Gasteiger partial charge in [-0.25, -0.2) is 0 Å². The Bertz CT molecular complexity index is 525. The Morgan fingerprint density at radius 2 is 1.83 bits per heavy atom. The number of carbonyl (C=O) groups is 1. The van der Waals surface area contributed by atoms with Crippen molar-refractivity contribution < 1.29 is 4.79 Å². The Labute approximate surface area is 145 Å². The highest BCUT2D eigenvalue weighted by atomic mass is 16.2. The third kappa shape index (κ3) is 4.35. The minimum atomic E-state index is 0.141. The van der Waals surface area contributed by atoms with Crippen LogP contribution >= 0.6 is 0 Å². The van der Waals surface area contributed by atoms with Crippen molar-refractivity contribution in [2.24, 2.45) is 0 Å². The summed E-state index contributed by atoms with van der Waals surface area (Å²) in [4.78, 5) is 14.7. The molecule has 1 aromatic carbocycles. The Morgan fingerprint density at radius 1 is 1.12 bits per heavy atom. The lowest BCUT2D eigenvalue weighted by molar-refractivity contribution is -0.123. The Balaban J connectivity index is 1.49. The maximum Gasteiger partial charge on any atom is 0.234 e. The molecule has 24 heavy (non-hydrogen) atoms. The standard InChI is InChI=1S/C19H30N4O/c1-14-19(15(2)22-21-14)20-18(24)13-23-11-6-9-17(10-12-23)16-7-4-3-5-8-16/h3-5,7-8,14-15,17,19,21-22H,6,9-13H2,1-2H3,(H,20,24). The molecular formula is C19H30N4O. The van der Waals surface area contributed by atoms with Gasteiger partial charge in [0.25, 0.3) is 0 Å². The van der Waals surface area contributed by atoms with Crippen molar-refractivity contribution in [3.8, 4) is 0 Å². The molecule has 0 aliphatic carbocycles. The molecule has 3 N–H and O–H groups in total. The summed E-state index contributed by atoms with van der Waals surface area (Å²) in [6.07, 6.45) is 3.51. The van der Waals surface area contributed by atoms with Gasteiger partial charge in [0.1, 0.15) is 0 Å². The van der Waals surface area contributed by atoms with Gasteiger partial charge in [-0.05, 0) is 57.7 Å². The second-order valence-electron chi connectivity index (χ2n) is 7.27. The molecule has 2 fully saturated rings. The van der Waals surface area contributed by atoms with Gasteiger partial charge in [0.05, 0.1) is 12.6 Å². The van der Waals surface area contributed by atoms with Crippen molar-refractivity contribution in [3.63, 3.8) is 0 Å². The molecule has 3 atom stereocenters. The van der Waals surface area contributed by atoms with Gasteiger partial charge in [0.15, 0.2) is 0 Å². The van der Waals surface area contributed by atoms with Crippen molar-refractivity contribution >= 4 is 5.91 Å². The van der Waals surface area contributed by atoms with E-state index >= 15 is 0 Å². The summed E-state index contributed by atoms with van der Waals surface area (Å²) in [5.74, 6) is 0.768. The molecule has 2 aliphatic heterocycles. The predicted molar refractivity (Wildman–Crippen MR) is 96.6 cm³/mol. The molecule has 1 amide bonds. The minimum absolute atomic E-state index is 0.141. The van der Waals surface area contributed by atoms with E-state index < -0.39 is 0 Å². The molecule has 0 radical (unpaired) electrons.